The highest BCUT2D eigenvalue weighted by Gasteiger charge is 2.32. The Bertz CT molecular complexity index is 626. The van der Waals surface area contributed by atoms with Crippen molar-refractivity contribution in [3.8, 4) is 0 Å². The van der Waals surface area contributed by atoms with Gasteiger partial charge in [0.05, 0.1) is 5.52 Å². The molecule has 0 spiro atoms. The molecule has 1 fully saturated rings. The summed E-state index contributed by atoms with van der Waals surface area (Å²) in [7, 11) is 0. The van der Waals surface area contributed by atoms with E-state index in [1.54, 1.807) is 6.07 Å². The van der Waals surface area contributed by atoms with Gasteiger partial charge < -0.3 is 10.3 Å². The summed E-state index contributed by atoms with van der Waals surface area (Å²) in [5, 5.41) is 0. The van der Waals surface area contributed by atoms with Gasteiger partial charge in [-0.15, -0.1) is 0 Å². The van der Waals surface area contributed by atoms with Crippen LogP contribution >= 0.6 is 0 Å². The first-order valence-electron chi connectivity index (χ1n) is 8.03. The van der Waals surface area contributed by atoms with Gasteiger partial charge in [0.2, 0.25) is 0 Å². The van der Waals surface area contributed by atoms with Gasteiger partial charge in [-0.25, -0.2) is 9.37 Å². The first-order chi connectivity index (χ1) is 10.2. The Hall–Kier alpha value is -1.42. The van der Waals surface area contributed by atoms with E-state index < -0.39 is 0 Å². The van der Waals surface area contributed by atoms with Gasteiger partial charge in [-0.05, 0) is 43.9 Å². The molecule has 0 aliphatic heterocycles. The minimum absolute atomic E-state index is 0.156. The van der Waals surface area contributed by atoms with Gasteiger partial charge in [0.25, 0.3) is 0 Å². The number of fused-ring (bicyclic) bond motifs is 1. The zero-order valence-electron chi connectivity index (χ0n) is 12.7. The molecular formula is C17H24FN3. The van der Waals surface area contributed by atoms with Crippen LogP contribution in [-0.4, -0.2) is 16.1 Å². The molecule has 2 aromatic rings. The molecule has 1 heterocycles. The van der Waals surface area contributed by atoms with Gasteiger partial charge in [0.15, 0.2) is 5.82 Å². The number of nitrogens with two attached hydrogens (primary N) is 1. The van der Waals surface area contributed by atoms with E-state index in [-0.39, 0.29) is 11.2 Å². The number of aromatic nitrogens is 2. The smallest absolute Gasteiger partial charge is 0.151 e. The Morgan fingerprint density at radius 1 is 1.29 bits per heavy atom. The topological polar surface area (TPSA) is 43.8 Å². The van der Waals surface area contributed by atoms with Crippen molar-refractivity contribution in [2.75, 3.05) is 6.54 Å². The zero-order valence-corrected chi connectivity index (χ0v) is 12.7. The summed E-state index contributed by atoms with van der Waals surface area (Å²) < 4.78 is 16.1. The van der Waals surface area contributed by atoms with Crippen LogP contribution in [0.1, 0.15) is 44.9 Å². The maximum Gasteiger partial charge on any atom is 0.151 e. The third kappa shape index (κ3) is 2.57. The van der Waals surface area contributed by atoms with Crippen LogP contribution in [0.15, 0.2) is 18.2 Å². The van der Waals surface area contributed by atoms with Crippen molar-refractivity contribution in [2.24, 2.45) is 11.1 Å². The minimum Gasteiger partial charge on any atom is -0.330 e. The second kappa shape index (κ2) is 5.76. The van der Waals surface area contributed by atoms with E-state index in [0.717, 1.165) is 24.3 Å². The van der Waals surface area contributed by atoms with Gasteiger partial charge in [0.1, 0.15) is 11.3 Å². The quantitative estimate of drug-likeness (QED) is 0.933. The van der Waals surface area contributed by atoms with Crippen molar-refractivity contribution in [3.05, 3.63) is 29.8 Å². The van der Waals surface area contributed by atoms with E-state index in [2.05, 4.69) is 16.5 Å². The van der Waals surface area contributed by atoms with Crippen molar-refractivity contribution in [3.63, 3.8) is 0 Å². The summed E-state index contributed by atoms with van der Waals surface area (Å²) in [6.45, 7) is 3.60. The molecule has 0 atom stereocenters. The Balaban J connectivity index is 2.01. The van der Waals surface area contributed by atoms with Gasteiger partial charge in [0, 0.05) is 13.0 Å². The van der Waals surface area contributed by atoms with Crippen LogP contribution in [0.3, 0.4) is 0 Å². The molecule has 1 aromatic carbocycles. The number of halogens is 1. The van der Waals surface area contributed by atoms with Gasteiger partial charge in [-0.1, -0.05) is 25.3 Å². The standard InChI is InChI=1S/C17H24FN3/c1-2-21-14-8-6-7-13(18)16(14)20-15(21)11-17(12-19)9-4-3-5-10-17/h6-8H,2-5,9-12,19H2,1H3. The lowest BCUT2D eigenvalue weighted by atomic mass is 9.71. The normalized spacial score (nSPS) is 18.2. The maximum absolute atomic E-state index is 14.0. The fourth-order valence-electron chi connectivity index (χ4n) is 3.74. The molecule has 1 aliphatic rings. The number of benzene rings is 1. The average Bonchev–Trinajstić information content (AvgIpc) is 2.86. The molecule has 0 unspecified atom stereocenters. The number of hydrogen-bond acceptors (Lipinski definition) is 2. The molecule has 0 bridgehead atoms. The summed E-state index contributed by atoms with van der Waals surface area (Å²) in [5.41, 5.74) is 7.64. The van der Waals surface area contributed by atoms with Crippen molar-refractivity contribution in [1.82, 2.24) is 9.55 Å². The molecule has 1 aromatic heterocycles. The SMILES string of the molecule is CCn1c(CC2(CN)CCCCC2)nc2c(F)cccc21. The molecule has 1 aliphatic carbocycles. The van der Waals surface area contributed by atoms with Crippen LogP contribution in [0.2, 0.25) is 0 Å². The van der Waals surface area contributed by atoms with Gasteiger partial charge >= 0.3 is 0 Å². The minimum atomic E-state index is -0.230. The second-order valence-electron chi connectivity index (χ2n) is 6.32. The average molecular weight is 289 g/mol. The monoisotopic (exact) mass is 289 g/mol. The summed E-state index contributed by atoms with van der Waals surface area (Å²) in [4.78, 5) is 4.60. The van der Waals surface area contributed by atoms with E-state index in [4.69, 9.17) is 5.73 Å². The number of para-hydroxylation sites is 1. The highest BCUT2D eigenvalue weighted by Crippen LogP contribution is 2.38. The molecule has 2 N–H and O–H groups in total. The number of aryl methyl sites for hydroxylation is 1. The van der Waals surface area contributed by atoms with E-state index in [1.165, 1.54) is 38.2 Å². The largest absolute Gasteiger partial charge is 0.330 e. The lowest BCUT2D eigenvalue weighted by molar-refractivity contribution is 0.192. The molecule has 3 rings (SSSR count). The van der Waals surface area contributed by atoms with E-state index >= 15 is 0 Å². The number of imidazole rings is 1. The van der Waals surface area contributed by atoms with Crippen molar-refractivity contribution in [1.29, 1.82) is 0 Å². The Morgan fingerprint density at radius 2 is 2.05 bits per heavy atom. The summed E-state index contributed by atoms with van der Waals surface area (Å²) >= 11 is 0. The molecular weight excluding hydrogens is 265 g/mol. The summed E-state index contributed by atoms with van der Waals surface area (Å²) in [6, 6.07) is 5.20. The van der Waals surface area contributed by atoms with Crippen molar-refractivity contribution >= 4 is 11.0 Å². The lowest BCUT2D eigenvalue weighted by Gasteiger charge is -2.36. The van der Waals surface area contributed by atoms with Crippen LogP contribution < -0.4 is 5.73 Å². The van der Waals surface area contributed by atoms with Crippen LogP contribution in [-0.2, 0) is 13.0 Å². The van der Waals surface area contributed by atoms with Gasteiger partial charge in [-0.2, -0.15) is 0 Å². The third-order valence-electron chi connectivity index (χ3n) is 5.01. The molecule has 3 nitrogen and oxygen atoms in total. The van der Waals surface area contributed by atoms with Crippen LogP contribution in [0.25, 0.3) is 11.0 Å². The third-order valence-corrected chi connectivity index (χ3v) is 5.01. The van der Waals surface area contributed by atoms with Gasteiger partial charge in [-0.3, -0.25) is 0 Å². The number of rotatable bonds is 4. The van der Waals surface area contributed by atoms with Crippen LogP contribution in [0, 0.1) is 11.2 Å². The fraction of sp³-hybridized carbons (Fsp3) is 0.588. The molecule has 1 saturated carbocycles. The van der Waals surface area contributed by atoms with Crippen molar-refractivity contribution in [2.45, 2.75) is 52.0 Å². The van der Waals surface area contributed by atoms with E-state index in [0.29, 0.717) is 12.1 Å². The first kappa shape index (κ1) is 14.5. The van der Waals surface area contributed by atoms with Crippen LogP contribution in [0.4, 0.5) is 4.39 Å². The van der Waals surface area contributed by atoms with E-state index in [1.807, 2.05) is 6.07 Å². The predicted molar refractivity (Wildman–Crippen MR) is 83.6 cm³/mol. The molecule has 0 radical (unpaired) electrons. The Kier molecular flexibility index (Phi) is 3.98. The zero-order chi connectivity index (χ0) is 14.9. The molecule has 114 valence electrons. The highest BCUT2D eigenvalue weighted by atomic mass is 19.1. The second-order valence-corrected chi connectivity index (χ2v) is 6.32. The molecule has 0 saturated heterocycles. The Morgan fingerprint density at radius 3 is 2.71 bits per heavy atom. The molecule has 21 heavy (non-hydrogen) atoms. The van der Waals surface area contributed by atoms with E-state index in [9.17, 15) is 4.39 Å². The number of hydrogen-bond donors (Lipinski definition) is 1. The summed E-state index contributed by atoms with van der Waals surface area (Å²) in [5.74, 6) is 0.761. The Labute approximate surface area is 125 Å². The molecule has 4 heteroatoms. The fourth-order valence-corrected chi connectivity index (χ4v) is 3.74. The molecule has 0 amide bonds. The van der Waals surface area contributed by atoms with Crippen molar-refractivity contribution < 1.29 is 4.39 Å². The summed E-state index contributed by atoms with van der Waals surface area (Å²) in [6.07, 6.45) is 7.00. The first-order valence-corrected chi connectivity index (χ1v) is 8.03. The maximum atomic E-state index is 14.0. The number of nitrogens with zero attached hydrogens (tertiary/aromatic N) is 2. The lowest BCUT2D eigenvalue weighted by Crippen LogP contribution is -2.35. The van der Waals surface area contributed by atoms with Crippen LogP contribution in [0.5, 0.6) is 0 Å². The predicted octanol–water partition coefficient (Wildman–Crippen LogP) is 3.65. The highest BCUT2D eigenvalue weighted by molar-refractivity contribution is 5.76.